The normalized spacial score (nSPS) is 10.5. The molecule has 0 aliphatic carbocycles. The summed E-state index contributed by atoms with van der Waals surface area (Å²) in [5.74, 6) is 0.866. The maximum absolute atomic E-state index is 11.7. The third kappa shape index (κ3) is 4.58. The van der Waals surface area contributed by atoms with E-state index in [4.69, 9.17) is 4.74 Å². The number of esters is 1. The summed E-state index contributed by atoms with van der Waals surface area (Å²) in [6.07, 6.45) is 1.52. The molecule has 138 valence electrons. The SMILES string of the molecule is COC(=O)c1cccc(Nc2cnnc(Nc3ccccc3C(C)C)n2)c1. The fraction of sp³-hybridized carbons (Fsp3) is 0.200. The summed E-state index contributed by atoms with van der Waals surface area (Å²) in [5.41, 5.74) is 3.27. The minimum Gasteiger partial charge on any atom is -0.465 e. The smallest absolute Gasteiger partial charge is 0.337 e. The van der Waals surface area contributed by atoms with Crippen molar-refractivity contribution in [3.8, 4) is 0 Å². The molecule has 7 heteroatoms. The Labute approximate surface area is 157 Å². The first-order valence-electron chi connectivity index (χ1n) is 8.58. The highest BCUT2D eigenvalue weighted by Gasteiger charge is 2.09. The summed E-state index contributed by atoms with van der Waals surface area (Å²) in [4.78, 5) is 16.1. The van der Waals surface area contributed by atoms with Gasteiger partial charge in [0.25, 0.3) is 0 Å². The molecule has 2 N–H and O–H groups in total. The summed E-state index contributed by atoms with van der Waals surface area (Å²) < 4.78 is 4.74. The Morgan fingerprint density at radius 1 is 1.07 bits per heavy atom. The zero-order chi connectivity index (χ0) is 19.2. The van der Waals surface area contributed by atoms with Gasteiger partial charge in [-0.2, -0.15) is 10.1 Å². The summed E-state index contributed by atoms with van der Waals surface area (Å²) in [6, 6.07) is 15.0. The van der Waals surface area contributed by atoms with E-state index in [0.717, 1.165) is 5.69 Å². The number of methoxy groups -OCH3 is 1. The van der Waals surface area contributed by atoms with E-state index in [1.165, 1.54) is 18.9 Å². The maximum Gasteiger partial charge on any atom is 0.337 e. The Hall–Kier alpha value is -3.48. The van der Waals surface area contributed by atoms with Crippen molar-refractivity contribution >= 4 is 29.1 Å². The lowest BCUT2D eigenvalue weighted by atomic mass is 10.0. The van der Waals surface area contributed by atoms with Crippen LogP contribution in [0.3, 0.4) is 0 Å². The van der Waals surface area contributed by atoms with E-state index in [1.54, 1.807) is 18.2 Å². The Kier molecular flexibility index (Phi) is 5.61. The van der Waals surface area contributed by atoms with Crippen LogP contribution in [0.4, 0.5) is 23.1 Å². The van der Waals surface area contributed by atoms with E-state index in [-0.39, 0.29) is 0 Å². The fourth-order valence-corrected chi connectivity index (χ4v) is 2.64. The molecule has 0 saturated heterocycles. The van der Waals surface area contributed by atoms with Gasteiger partial charge in [-0.05, 0) is 35.7 Å². The summed E-state index contributed by atoms with van der Waals surface area (Å²) in [5, 5.41) is 14.4. The van der Waals surface area contributed by atoms with E-state index in [9.17, 15) is 4.79 Å². The van der Waals surface area contributed by atoms with Crippen molar-refractivity contribution in [1.82, 2.24) is 15.2 Å². The van der Waals surface area contributed by atoms with Crippen LogP contribution in [-0.2, 0) is 4.74 Å². The van der Waals surface area contributed by atoms with E-state index in [0.29, 0.717) is 28.9 Å². The van der Waals surface area contributed by atoms with Gasteiger partial charge in [-0.1, -0.05) is 38.1 Å². The Bertz CT molecular complexity index is 943. The molecular formula is C20H21N5O2. The number of aromatic nitrogens is 3. The van der Waals surface area contributed by atoms with Crippen LogP contribution in [-0.4, -0.2) is 28.3 Å². The van der Waals surface area contributed by atoms with Gasteiger partial charge < -0.3 is 15.4 Å². The minimum absolute atomic E-state index is 0.365. The molecule has 1 aromatic heterocycles. The Balaban J connectivity index is 1.80. The number of carbonyl (C=O) groups excluding carboxylic acids is 1. The van der Waals surface area contributed by atoms with Gasteiger partial charge in [-0.3, -0.25) is 0 Å². The van der Waals surface area contributed by atoms with Crippen molar-refractivity contribution < 1.29 is 9.53 Å². The number of anilines is 4. The standard InChI is InChI=1S/C20H21N5O2/c1-13(2)16-9-4-5-10-17(16)23-20-24-18(12-21-25-20)22-15-8-6-7-14(11-15)19(26)27-3/h4-13H,1-3H3,(H2,22,23,24,25). The van der Waals surface area contributed by atoms with Crippen molar-refractivity contribution in [2.24, 2.45) is 0 Å². The van der Waals surface area contributed by atoms with Crippen LogP contribution in [0, 0.1) is 0 Å². The average Bonchev–Trinajstić information content (AvgIpc) is 2.68. The number of carbonyl (C=O) groups is 1. The number of hydrogen-bond donors (Lipinski definition) is 2. The van der Waals surface area contributed by atoms with Crippen LogP contribution >= 0.6 is 0 Å². The van der Waals surface area contributed by atoms with E-state index < -0.39 is 5.97 Å². The molecule has 7 nitrogen and oxygen atoms in total. The lowest BCUT2D eigenvalue weighted by Gasteiger charge is -2.13. The van der Waals surface area contributed by atoms with Crippen molar-refractivity contribution in [3.63, 3.8) is 0 Å². The Morgan fingerprint density at radius 3 is 2.67 bits per heavy atom. The topological polar surface area (TPSA) is 89.0 Å². The highest BCUT2D eigenvalue weighted by molar-refractivity contribution is 5.90. The van der Waals surface area contributed by atoms with Crippen LogP contribution in [0.25, 0.3) is 0 Å². The lowest BCUT2D eigenvalue weighted by Crippen LogP contribution is -2.05. The molecule has 0 saturated carbocycles. The first-order valence-corrected chi connectivity index (χ1v) is 8.58. The molecule has 0 unspecified atom stereocenters. The number of rotatable bonds is 6. The first kappa shape index (κ1) is 18.3. The van der Waals surface area contributed by atoms with E-state index >= 15 is 0 Å². The van der Waals surface area contributed by atoms with Gasteiger partial charge in [0, 0.05) is 11.4 Å². The monoisotopic (exact) mass is 363 g/mol. The second-order valence-electron chi connectivity index (χ2n) is 6.23. The van der Waals surface area contributed by atoms with Gasteiger partial charge in [0.15, 0.2) is 5.82 Å². The average molecular weight is 363 g/mol. The zero-order valence-corrected chi connectivity index (χ0v) is 15.4. The van der Waals surface area contributed by atoms with Gasteiger partial charge in [0.1, 0.15) is 0 Å². The van der Waals surface area contributed by atoms with Crippen LogP contribution in [0.5, 0.6) is 0 Å². The molecule has 0 spiro atoms. The molecule has 0 aliphatic rings. The third-order valence-electron chi connectivity index (χ3n) is 3.94. The van der Waals surface area contributed by atoms with E-state index in [2.05, 4.69) is 45.7 Å². The molecule has 27 heavy (non-hydrogen) atoms. The maximum atomic E-state index is 11.7. The van der Waals surface area contributed by atoms with Gasteiger partial charge in [0.2, 0.25) is 5.95 Å². The molecular weight excluding hydrogens is 342 g/mol. The predicted molar refractivity (Wildman–Crippen MR) is 105 cm³/mol. The van der Waals surface area contributed by atoms with Gasteiger partial charge in [-0.25, -0.2) is 4.79 Å². The molecule has 0 amide bonds. The molecule has 0 atom stereocenters. The number of ether oxygens (including phenoxy) is 1. The summed E-state index contributed by atoms with van der Waals surface area (Å²) in [6.45, 7) is 4.26. The molecule has 1 heterocycles. The number of nitrogens with one attached hydrogen (secondary N) is 2. The van der Waals surface area contributed by atoms with Crippen LogP contribution in [0.2, 0.25) is 0 Å². The third-order valence-corrected chi connectivity index (χ3v) is 3.94. The molecule has 3 rings (SSSR count). The predicted octanol–water partition coefficient (Wildman–Crippen LogP) is 4.27. The highest BCUT2D eigenvalue weighted by Crippen LogP contribution is 2.26. The largest absolute Gasteiger partial charge is 0.465 e. The quantitative estimate of drug-likeness (QED) is 0.632. The highest BCUT2D eigenvalue weighted by atomic mass is 16.5. The van der Waals surface area contributed by atoms with Gasteiger partial charge in [-0.15, -0.1) is 5.10 Å². The lowest BCUT2D eigenvalue weighted by molar-refractivity contribution is 0.0601. The molecule has 2 aromatic carbocycles. The van der Waals surface area contributed by atoms with Crippen molar-refractivity contribution in [1.29, 1.82) is 0 Å². The first-order chi connectivity index (χ1) is 13.1. The van der Waals surface area contributed by atoms with Crippen molar-refractivity contribution in [2.45, 2.75) is 19.8 Å². The van der Waals surface area contributed by atoms with Gasteiger partial charge >= 0.3 is 5.97 Å². The Morgan fingerprint density at radius 2 is 1.89 bits per heavy atom. The number of benzene rings is 2. The second-order valence-corrected chi connectivity index (χ2v) is 6.23. The summed E-state index contributed by atoms with van der Waals surface area (Å²) in [7, 11) is 1.35. The molecule has 0 aliphatic heterocycles. The zero-order valence-electron chi connectivity index (χ0n) is 15.4. The molecule has 0 bridgehead atoms. The fourth-order valence-electron chi connectivity index (χ4n) is 2.64. The molecule has 3 aromatic rings. The van der Waals surface area contributed by atoms with Crippen LogP contribution in [0.15, 0.2) is 54.7 Å². The summed E-state index contributed by atoms with van der Waals surface area (Å²) >= 11 is 0. The number of nitrogens with zero attached hydrogens (tertiary/aromatic N) is 3. The van der Waals surface area contributed by atoms with E-state index in [1.807, 2.05) is 24.3 Å². The number of hydrogen-bond acceptors (Lipinski definition) is 7. The van der Waals surface area contributed by atoms with Crippen LogP contribution in [0.1, 0.15) is 35.7 Å². The van der Waals surface area contributed by atoms with Gasteiger partial charge in [0.05, 0.1) is 18.9 Å². The van der Waals surface area contributed by atoms with Crippen LogP contribution < -0.4 is 10.6 Å². The molecule has 0 fully saturated rings. The second kappa shape index (κ2) is 8.27. The van der Waals surface area contributed by atoms with Crippen molar-refractivity contribution in [2.75, 3.05) is 17.7 Å². The minimum atomic E-state index is -0.396. The molecule has 0 radical (unpaired) electrons. The number of para-hydroxylation sites is 1. The van der Waals surface area contributed by atoms with Crippen molar-refractivity contribution in [3.05, 3.63) is 65.9 Å².